The third kappa shape index (κ3) is 4.35. The lowest BCUT2D eigenvalue weighted by Gasteiger charge is -2.40. The van der Waals surface area contributed by atoms with Gasteiger partial charge in [0, 0.05) is 32.7 Å². The Bertz CT molecular complexity index is 1030. The molecule has 4 aliphatic rings. The lowest BCUT2D eigenvalue weighted by molar-refractivity contribution is -0.153. The molecule has 4 aliphatic heterocycles. The summed E-state index contributed by atoms with van der Waals surface area (Å²) < 4.78 is 11.7. The zero-order valence-electron chi connectivity index (χ0n) is 20.9. The Balaban J connectivity index is 1.52. The quantitative estimate of drug-likeness (QED) is 0.435. The Kier molecular flexibility index (Phi) is 7.35. The summed E-state index contributed by atoms with van der Waals surface area (Å²) in [6.07, 6.45) is 1.95. The molecule has 200 valence electrons. The van der Waals surface area contributed by atoms with E-state index >= 15 is 0 Å². The van der Waals surface area contributed by atoms with E-state index in [0.29, 0.717) is 44.7 Å². The van der Waals surface area contributed by atoms with Crippen molar-refractivity contribution in [2.45, 2.75) is 36.6 Å². The number of ether oxygens (including phenoxy) is 2. The largest absolute Gasteiger partial charge is 0.481 e. The molecule has 10 heteroatoms. The number of morpholine rings is 1. The first kappa shape index (κ1) is 25.8. The summed E-state index contributed by atoms with van der Waals surface area (Å²) in [4.78, 5) is 46.0. The zero-order valence-corrected chi connectivity index (χ0v) is 20.9. The highest BCUT2D eigenvalue weighted by molar-refractivity contribution is 5.98. The first-order valence-electron chi connectivity index (χ1n) is 13.0. The van der Waals surface area contributed by atoms with Crippen LogP contribution in [-0.2, 0) is 23.9 Å². The van der Waals surface area contributed by atoms with Crippen molar-refractivity contribution in [2.24, 2.45) is 11.8 Å². The van der Waals surface area contributed by atoms with Crippen LogP contribution in [0.15, 0.2) is 43.0 Å². The van der Waals surface area contributed by atoms with E-state index in [4.69, 9.17) is 9.47 Å². The van der Waals surface area contributed by atoms with Crippen LogP contribution < -0.4 is 0 Å². The lowest BCUT2D eigenvalue weighted by atomic mass is 9.70. The molecule has 4 heterocycles. The van der Waals surface area contributed by atoms with E-state index in [1.165, 1.54) is 4.90 Å². The Hall–Kier alpha value is -2.79. The number of carbonyl (C=O) groups is 3. The van der Waals surface area contributed by atoms with Gasteiger partial charge in [-0.15, -0.1) is 6.58 Å². The third-order valence-electron chi connectivity index (χ3n) is 8.40. The van der Waals surface area contributed by atoms with Crippen LogP contribution in [0, 0.1) is 11.8 Å². The van der Waals surface area contributed by atoms with Crippen molar-refractivity contribution >= 4 is 17.8 Å². The van der Waals surface area contributed by atoms with Gasteiger partial charge >= 0.3 is 5.97 Å². The predicted molar refractivity (Wildman–Crippen MR) is 132 cm³/mol. The molecule has 37 heavy (non-hydrogen) atoms. The van der Waals surface area contributed by atoms with Crippen LogP contribution in [0.5, 0.6) is 0 Å². The summed E-state index contributed by atoms with van der Waals surface area (Å²) >= 11 is 0. The Morgan fingerprint density at radius 3 is 2.62 bits per heavy atom. The van der Waals surface area contributed by atoms with Crippen LogP contribution in [0.2, 0.25) is 0 Å². The molecule has 5 rings (SSSR count). The molecule has 1 aromatic carbocycles. The summed E-state index contributed by atoms with van der Waals surface area (Å²) in [5, 5.41) is 20.5. The molecule has 4 saturated heterocycles. The van der Waals surface area contributed by atoms with Crippen LogP contribution in [-0.4, -0.2) is 113 Å². The van der Waals surface area contributed by atoms with Crippen molar-refractivity contribution in [2.75, 3.05) is 52.5 Å². The fourth-order valence-electron chi connectivity index (χ4n) is 6.72. The van der Waals surface area contributed by atoms with Gasteiger partial charge in [0.2, 0.25) is 11.8 Å². The van der Waals surface area contributed by atoms with Gasteiger partial charge in [-0.05, 0) is 18.4 Å². The molecule has 0 aliphatic carbocycles. The molecular weight excluding hydrogens is 478 g/mol. The Labute approximate surface area is 216 Å². The fraction of sp³-hybridized carbons (Fsp3) is 0.593. The number of amides is 2. The number of likely N-dealkylation sites (tertiary alicyclic amines) is 1. The van der Waals surface area contributed by atoms with E-state index in [9.17, 15) is 24.6 Å². The number of carboxylic acid groups (broad SMARTS) is 1. The molecule has 2 amide bonds. The highest BCUT2D eigenvalue weighted by Crippen LogP contribution is 2.59. The molecule has 2 bridgehead atoms. The number of rotatable bonds is 10. The van der Waals surface area contributed by atoms with Crippen molar-refractivity contribution in [1.82, 2.24) is 14.7 Å². The summed E-state index contributed by atoms with van der Waals surface area (Å²) in [7, 11) is 0. The monoisotopic (exact) mass is 513 g/mol. The van der Waals surface area contributed by atoms with Crippen molar-refractivity contribution < 1.29 is 34.1 Å². The number of carbonyl (C=O) groups excluding carboxylic acids is 2. The number of aliphatic hydroxyl groups is 1. The molecule has 1 spiro atoms. The lowest BCUT2D eigenvalue weighted by Crippen LogP contribution is -2.58. The average molecular weight is 514 g/mol. The van der Waals surface area contributed by atoms with Gasteiger partial charge in [0.1, 0.15) is 11.6 Å². The molecular formula is C27H35N3O7. The smallest absolute Gasteiger partial charge is 0.310 e. The van der Waals surface area contributed by atoms with E-state index in [2.05, 4.69) is 11.5 Å². The fourth-order valence-corrected chi connectivity index (χ4v) is 6.72. The summed E-state index contributed by atoms with van der Waals surface area (Å²) in [6.45, 7) is 7.62. The van der Waals surface area contributed by atoms with Crippen LogP contribution >= 0.6 is 0 Å². The SMILES string of the molecule is C=CCN(CCN1CCOCC1)C(=O)C1N([C@H](CO)c2ccccc2)C(=O)[C@@H]2[C@@H](C(=O)O)[C@H]3CCC12O3. The zero-order chi connectivity index (χ0) is 26.2. The molecule has 10 nitrogen and oxygen atoms in total. The second-order valence-corrected chi connectivity index (χ2v) is 10.3. The van der Waals surface area contributed by atoms with Gasteiger partial charge in [-0.1, -0.05) is 36.4 Å². The van der Waals surface area contributed by atoms with Crippen molar-refractivity contribution in [3.63, 3.8) is 0 Å². The van der Waals surface area contributed by atoms with E-state index in [0.717, 1.165) is 13.1 Å². The maximum atomic E-state index is 14.3. The highest BCUT2D eigenvalue weighted by atomic mass is 16.5. The second kappa shape index (κ2) is 10.5. The van der Waals surface area contributed by atoms with Crippen molar-refractivity contribution in [1.29, 1.82) is 0 Å². The minimum absolute atomic E-state index is 0.281. The number of hydrogen-bond acceptors (Lipinski definition) is 7. The summed E-state index contributed by atoms with van der Waals surface area (Å²) in [5.41, 5.74) is -0.555. The molecule has 0 saturated carbocycles. The van der Waals surface area contributed by atoms with E-state index in [1.807, 2.05) is 18.2 Å². The highest BCUT2D eigenvalue weighted by Gasteiger charge is 2.75. The van der Waals surface area contributed by atoms with Gasteiger partial charge < -0.3 is 29.5 Å². The number of carboxylic acids is 1. The topological polar surface area (TPSA) is 120 Å². The van der Waals surface area contributed by atoms with Crippen LogP contribution in [0.3, 0.4) is 0 Å². The van der Waals surface area contributed by atoms with Gasteiger partial charge in [-0.2, -0.15) is 0 Å². The van der Waals surface area contributed by atoms with Crippen molar-refractivity contribution in [3.8, 4) is 0 Å². The van der Waals surface area contributed by atoms with E-state index in [1.54, 1.807) is 23.1 Å². The van der Waals surface area contributed by atoms with Gasteiger partial charge in [0.05, 0.1) is 43.8 Å². The first-order chi connectivity index (χ1) is 17.9. The number of hydrogen-bond donors (Lipinski definition) is 2. The predicted octanol–water partition coefficient (Wildman–Crippen LogP) is 0.526. The van der Waals surface area contributed by atoms with Crippen molar-refractivity contribution in [3.05, 3.63) is 48.6 Å². The number of fused-ring (bicyclic) bond motifs is 1. The second-order valence-electron chi connectivity index (χ2n) is 10.3. The Morgan fingerprint density at radius 2 is 1.97 bits per heavy atom. The summed E-state index contributed by atoms with van der Waals surface area (Å²) in [5.74, 6) is -3.82. The van der Waals surface area contributed by atoms with Crippen LogP contribution in [0.25, 0.3) is 0 Å². The maximum absolute atomic E-state index is 14.3. The average Bonchev–Trinajstić information content (AvgIpc) is 3.56. The summed E-state index contributed by atoms with van der Waals surface area (Å²) in [6, 6.07) is 7.21. The van der Waals surface area contributed by atoms with Crippen LogP contribution in [0.1, 0.15) is 24.4 Å². The Morgan fingerprint density at radius 1 is 1.24 bits per heavy atom. The first-order valence-corrected chi connectivity index (χ1v) is 13.0. The molecule has 0 radical (unpaired) electrons. The van der Waals surface area contributed by atoms with Gasteiger partial charge in [0.15, 0.2) is 0 Å². The minimum atomic E-state index is -1.23. The van der Waals surface area contributed by atoms with Crippen LogP contribution in [0.4, 0.5) is 0 Å². The minimum Gasteiger partial charge on any atom is -0.481 e. The number of nitrogens with zero attached hydrogens (tertiary/aromatic N) is 3. The molecule has 6 atom stereocenters. The molecule has 2 unspecified atom stereocenters. The normalized spacial score (nSPS) is 31.8. The maximum Gasteiger partial charge on any atom is 0.310 e. The van der Waals surface area contributed by atoms with Gasteiger partial charge in [0.25, 0.3) is 0 Å². The molecule has 2 N–H and O–H groups in total. The molecule has 1 aromatic rings. The van der Waals surface area contributed by atoms with Gasteiger partial charge in [-0.3, -0.25) is 19.3 Å². The van der Waals surface area contributed by atoms with E-state index < -0.39 is 54.1 Å². The van der Waals surface area contributed by atoms with E-state index in [-0.39, 0.29) is 12.5 Å². The number of benzene rings is 1. The molecule has 0 aromatic heterocycles. The standard InChI is InChI=1S/C27H35N3O7/c1-2-10-29(12-11-28-13-15-36-16-14-28)25(33)23-27-9-8-20(37-27)21(26(34)35)22(27)24(32)30(23)19(17-31)18-6-4-3-5-7-18/h2-7,19-23,31H,1,8-17H2,(H,34,35)/t19-,20-,21+,22+,23?,27?/m1/s1. The third-order valence-corrected chi connectivity index (χ3v) is 8.40. The van der Waals surface area contributed by atoms with Gasteiger partial charge in [-0.25, -0.2) is 0 Å². The number of aliphatic hydroxyl groups excluding tert-OH is 1. The number of aliphatic carboxylic acids is 1. The molecule has 4 fully saturated rings.